The molecule has 1 aromatic heterocycles. The smallest absolute Gasteiger partial charge is 0.271 e. The zero-order valence-corrected chi connectivity index (χ0v) is 19.6. The van der Waals surface area contributed by atoms with E-state index in [-0.39, 0.29) is 28.5 Å². The van der Waals surface area contributed by atoms with Gasteiger partial charge in [0.05, 0.1) is 12.5 Å². The molecule has 9 heteroatoms. The molecule has 3 aromatic rings. The lowest BCUT2D eigenvalue weighted by atomic mass is 10.1. The van der Waals surface area contributed by atoms with Crippen molar-refractivity contribution in [2.24, 2.45) is 0 Å². The summed E-state index contributed by atoms with van der Waals surface area (Å²) >= 11 is 1.14. The molecule has 1 aliphatic rings. The Kier molecular flexibility index (Phi) is 7.42. The van der Waals surface area contributed by atoms with Crippen LogP contribution in [-0.2, 0) is 32.5 Å². The number of benzene rings is 2. The van der Waals surface area contributed by atoms with E-state index in [9.17, 15) is 17.6 Å². The highest BCUT2D eigenvalue weighted by molar-refractivity contribution is 7.94. The molecule has 1 amide bonds. The molecule has 1 atom stereocenters. The molecule has 33 heavy (non-hydrogen) atoms. The fraction of sp³-hybridized carbons (Fsp3) is 0.292. The van der Waals surface area contributed by atoms with Gasteiger partial charge < -0.3 is 9.64 Å². The van der Waals surface area contributed by atoms with Crippen LogP contribution in [0.25, 0.3) is 0 Å². The highest BCUT2D eigenvalue weighted by Crippen LogP contribution is 2.21. The third-order valence-electron chi connectivity index (χ3n) is 5.38. The van der Waals surface area contributed by atoms with Crippen molar-refractivity contribution in [3.05, 3.63) is 83.0 Å². The largest absolute Gasteiger partial charge is 0.376 e. The summed E-state index contributed by atoms with van der Waals surface area (Å²) in [5, 5.41) is 1.70. The molecule has 1 N–H and O–H groups in total. The zero-order valence-electron chi connectivity index (χ0n) is 17.9. The van der Waals surface area contributed by atoms with Gasteiger partial charge in [-0.1, -0.05) is 30.3 Å². The lowest BCUT2D eigenvalue weighted by Gasteiger charge is -2.26. The first-order chi connectivity index (χ1) is 15.9. The molecule has 2 heterocycles. The number of halogens is 1. The van der Waals surface area contributed by atoms with Crippen molar-refractivity contribution in [1.29, 1.82) is 0 Å². The predicted octanol–water partition coefficient (Wildman–Crippen LogP) is 4.44. The van der Waals surface area contributed by atoms with Gasteiger partial charge in [0.2, 0.25) is 5.91 Å². The number of rotatable bonds is 9. The van der Waals surface area contributed by atoms with E-state index in [2.05, 4.69) is 4.72 Å². The molecule has 1 fully saturated rings. The normalized spacial score (nSPS) is 16.0. The predicted molar refractivity (Wildman–Crippen MR) is 126 cm³/mol. The highest BCUT2D eigenvalue weighted by atomic mass is 32.2. The number of anilines is 1. The molecule has 0 radical (unpaired) electrons. The topological polar surface area (TPSA) is 75.7 Å². The van der Waals surface area contributed by atoms with E-state index in [1.54, 1.807) is 58.8 Å². The Bertz CT molecular complexity index is 1180. The molecule has 0 spiro atoms. The molecule has 1 aliphatic heterocycles. The van der Waals surface area contributed by atoms with Gasteiger partial charge in [-0.25, -0.2) is 12.8 Å². The lowest BCUT2D eigenvalue weighted by molar-refractivity contribution is -0.132. The van der Waals surface area contributed by atoms with Crippen LogP contribution in [0, 0.1) is 5.82 Å². The summed E-state index contributed by atoms with van der Waals surface area (Å²) in [6, 6.07) is 16.2. The molecule has 174 valence electrons. The number of nitrogens with one attached hydrogen (secondary N) is 1. The summed E-state index contributed by atoms with van der Waals surface area (Å²) in [4.78, 5) is 14.8. The summed E-state index contributed by atoms with van der Waals surface area (Å²) in [6.07, 6.45) is 2.00. The monoisotopic (exact) mass is 488 g/mol. The average molecular weight is 489 g/mol. The summed E-state index contributed by atoms with van der Waals surface area (Å²) < 4.78 is 46.9. The molecular weight excluding hydrogens is 463 g/mol. The van der Waals surface area contributed by atoms with Gasteiger partial charge in [0.1, 0.15) is 10.0 Å². The lowest BCUT2D eigenvalue weighted by Crippen LogP contribution is -2.37. The van der Waals surface area contributed by atoms with Gasteiger partial charge in [0.25, 0.3) is 10.0 Å². The number of carbonyl (C=O) groups is 1. The fourth-order valence-corrected chi connectivity index (χ4v) is 5.79. The Morgan fingerprint density at radius 2 is 1.94 bits per heavy atom. The van der Waals surface area contributed by atoms with Crippen LogP contribution in [0.1, 0.15) is 24.0 Å². The van der Waals surface area contributed by atoms with Crippen molar-refractivity contribution in [2.75, 3.05) is 17.9 Å². The van der Waals surface area contributed by atoms with Gasteiger partial charge >= 0.3 is 0 Å². The summed E-state index contributed by atoms with van der Waals surface area (Å²) in [5.41, 5.74) is 1.91. The van der Waals surface area contributed by atoms with Crippen LogP contribution in [0.5, 0.6) is 0 Å². The van der Waals surface area contributed by atoms with Crippen molar-refractivity contribution in [2.45, 2.75) is 36.1 Å². The molecule has 0 bridgehead atoms. The van der Waals surface area contributed by atoms with Crippen LogP contribution >= 0.6 is 11.3 Å². The third kappa shape index (κ3) is 6.40. The van der Waals surface area contributed by atoms with E-state index >= 15 is 0 Å². The van der Waals surface area contributed by atoms with Gasteiger partial charge in [-0.3, -0.25) is 9.52 Å². The standard InChI is InChI=1S/C24H25FN2O4S2/c25-20-5-1-4-19(14-20)16-27(17-22-6-2-12-31-22)23(28)15-18-8-10-21(11-9-18)26-33(29,30)24-7-3-13-32-24/h1,3-5,7-11,13-14,22,26H,2,6,12,15-17H2. The Morgan fingerprint density at radius 1 is 1.12 bits per heavy atom. The van der Waals surface area contributed by atoms with Crippen molar-refractivity contribution in [1.82, 2.24) is 4.90 Å². The Hall–Kier alpha value is -2.75. The van der Waals surface area contributed by atoms with E-state index in [1.165, 1.54) is 12.1 Å². The summed E-state index contributed by atoms with van der Waals surface area (Å²) in [6.45, 7) is 1.44. The first-order valence-corrected chi connectivity index (χ1v) is 13.0. The van der Waals surface area contributed by atoms with Crippen LogP contribution in [0.4, 0.5) is 10.1 Å². The number of thiophene rings is 1. The molecule has 2 aromatic carbocycles. The maximum Gasteiger partial charge on any atom is 0.271 e. The number of hydrogen-bond donors (Lipinski definition) is 1. The Labute approximate surface area is 197 Å². The maximum absolute atomic E-state index is 13.6. The van der Waals surface area contributed by atoms with Crippen LogP contribution in [0.3, 0.4) is 0 Å². The van der Waals surface area contributed by atoms with Gasteiger partial charge in [-0.2, -0.15) is 0 Å². The maximum atomic E-state index is 13.6. The highest BCUT2D eigenvalue weighted by Gasteiger charge is 2.23. The summed E-state index contributed by atoms with van der Waals surface area (Å²) in [7, 11) is -3.62. The molecular formula is C24H25FN2O4S2. The van der Waals surface area contributed by atoms with Gasteiger partial charge in [0.15, 0.2) is 0 Å². The fourth-order valence-electron chi connectivity index (χ4n) is 3.74. The quantitative estimate of drug-likeness (QED) is 0.483. The second-order valence-corrected chi connectivity index (χ2v) is 10.8. The van der Waals surface area contributed by atoms with Crippen molar-refractivity contribution < 1.29 is 22.3 Å². The van der Waals surface area contributed by atoms with E-state index in [1.807, 2.05) is 0 Å². The van der Waals surface area contributed by atoms with Gasteiger partial charge in [-0.05, 0) is 59.7 Å². The first-order valence-electron chi connectivity index (χ1n) is 10.7. The Balaban J connectivity index is 1.43. The minimum Gasteiger partial charge on any atom is -0.376 e. The second-order valence-electron chi connectivity index (χ2n) is 7.95. The average Bonchev–Trinajstić information content (AvgIpc) is 3.49. The molecule has 6 nitrogen and oxygen atoms in total. The number of ether oxygens (including phenoxy) is 1. The van der Waals surface area contributed by atoms with Crippen LogP contribution in [0.2, 0.25) is 0 Å². The number of sulfonamides is 1. The molecule has 1 saturated heterocycles. The van der Waals surface area contributed by atoms with Gasteiger partial charge in [-0.15, -0.1) is 11.3 Å². The number of carbonyl (C=O) groups excluding carboxylic acids is 1. The SMILES string of the molecule is O=C(Cc1ccc(NS(=O)(=O)c2cccs2)cc1)N(Cc1cccc(F)c1)CC1CCCO1. The van der Waals surface area contributed by atoms with Crippen molar-refractivity contribution >= 4 is 33.0 Å². The van der Waals surface area contributed by atoms with Crippen molar-refractivity contribution in [3.63, 3.8) is 0 Å². The first kappa shape index (κ1) is 23.4. The zero-order chi connectivity index (χ0) is 23.3. The molecule has 0 aliphatic carbocycles. The van der Waals surface area contributed by atoms with E-state index < -0.39 is 10.0 Å². The minimum absolute atomic E-state index is 0.0171. The summed E-state index contributed by atoms with van der Waals surface area (Å²) in [5.74, 6) is -0.431. The third-order valence-corrected chi connectivity index (χ3v) is 8.16. The van der Waals surface area contributed by atoms with Crippen LogP contribution in [0.15, 0.2) is 70.3 Å². The van der Waals surface area contributed by atoms with Crippen LogP contribution in [-0.4, -0.2) is 38.5 Å². The Morgan fingerprint density at radius 3 is 2.61 bits per heavy atom. The minimum atomic E-state index is -3.62. The number of nitrogens with zero attached hydrogens (tertiary/aromatic N) is 1. The molecule has 4 rings (SSSR count). The number of amides is 1. The van der Waals surface area contributed by atoms with E-state index in [0.29, 0.717) is 25.4 Å². The van der Waals surface area contributed by atoms with Crippen LogP contribution < -0.4 is 4.72 Å². The second kappa shape index (κ2) is 10.5. The van der Waals surface area contributed by atoms with E-state index in [0.717, 1.165) is 35.3 Å². The van der Waals surface area contributed by atoms with E-state index in [4.69, 9.17) is 4.74 Å². The molecule has 0 saturated carbocycles. The van der Waals surface area contributed by atoms with Gasteiger partial charge in [0, 0.05) is 25.4 Å². The molecule has 1 unspecified atom stereocenters. The van der Waals surface area contributed by atoms with Crippen molar-refractivity contribution in [3.8, 4) is 0 Å². The number of hydrogen-bond acceptors (Lipinski definition) is 5.